The van der Waals surface area contributed by atoms with E-state index in [9.17, 15) is 13.2 Å². The van der Waals surface area contributed by atoms with Crippen molar-refractivity contribution in [3.63, 3.8) is 0 Å². The minimum absolute atomic E-state index is 0.228. The summed E-state index contributed by atoms with van der Waals surface area (Å²) < 4.78 is 38.4. The van der Waals surface area contributed by atoms with Crippen LogP contribution in [0.15, 0.2) is 12.1 Å². The maximum atomic E-state index is 12.8. The van der Waals surface area contributed by atoms with Crippen LogP contribution in [0.2, 0.25) is 0 Å². The van der Waals surface area contributed by atoms with Gasteiger partial charge in [-0.15, -0.1) is 0 Å². The normalized spacial score (nSPS) is 17.0. The van der Waals surface area contributed by atoms with Crippen LogP contribution in [-0.4, -0.2) is 18.6 Å². The predicted molar refractivity (Wildman–Crippen MR) is 73.9 cm³/mol. The smallest absolute Gasteiger partial charge is 0.373 e. The van der Waals surface area contributed by atoms with Crippen LogP contribution >= 0.6 is 0 Å². The molecule has 3 nitrogen and oxygen atoms in total. The summed E-state index contributed by atoms with van der Waals surface area (Å²) >= 11 is 0. The molecule has 2 N–H and O–H groups in total. The molecule has 1 aliphatic carbocycles. The number of alkyl halides is 3. The summed E-state index contributed by atoms with van der Waals surface area (Å²) in [7, 11) is 1.56. The second-order valence-electron chi connectivity index (χ2n) is 5.26. The van der Waals surface area contributed by atoms with Gasteiger partial charge in [-0.25, -0.2) is 4.98 Å². The van der Waals surface area contributed by atoms with Crippen molar-refractivity contribution in [1.82, 2.24) is 4.98 Å². The molecule has 0 aromatic carbocycles. The predicted octanol–water partition coefficient (Wildman–Crippen LogP) is 4.13. The Morgan fingerprint density at radius 3 is 2.40 bits per heavy atom. The second kappa shape index (κ2) is 6.33. The molecule has 0 bridgehead atoms. The Balaban J connectivity index is 2.06. The fourth-order valence-corrected chi connectivity index (χ4v) is 2.55. The molecule has 0 aliphatic heterocycles. The lowest BCUT2D eigenvalue weighted by atomic mass is 9.89. The molecular weight excluding hydrogens is 267 g/mol. The molecule has 1 aromatic rings. The molecule has 0 radical (unpaired) electrons. The van der Waals surface area contributed by atoms with E-state index in [1.807, 2.05) is 0 Å². The van der Waals surface area contributed by atoms with E-state index in [1.54, 1.807) is 7.05 Å². The molecule has 1 aliphatic rings. The fraction of sp³-hybridized carbons (Fsp3) is 0.643. The number of nitrogens with zero attached hydrogens (tertiary/aromatic N) is 1. The van der Waals surface area contributed by atoms with Gasteiger partial charge in [0.25, 0.3) is 0 Å². The summed E-state index contributed by atoms with van der Waals surface area (Å²) in [5.74, 6) is 1.05. The third-order valence-electron chi connectivity index (χ3n) is 3.71. The number of hydrogen-bond acceptors (Lipinski definition) is 3. The van der Waals surface area contributed by atoms with Crippen LogP contribution in [0.5, 0.6) is 0 Å². The summed E-state index contributed by atoms with van der Waals surface area (Å²) in [5.41, 5.74) is -0.678. The Bertz CT molecular complexity index is 440. The highest BCUT2D eigenvalue weighted by Crippen LogP contribution is 2.32. The Morgan fingerprint density at radius 2 is 1.80 bits per heavy atom. The maximum Gasteiger partial charge on any atom is 0.416 e. The van der Waals surface area contributed by atoms with E-state index in [4.69, 9.17) is 0 Å². The van der Waals surface area contributed by atoms with Crippen LogP contribution in [0, 0.1) is 5.92 Å². The SMILES string of the molecule is CNc1cc(C(F)(F)F)cc(NCC2CCCCC2)n1. The highest BCUT2D eigenvalue weighted by Gasteiger charge is 2.31. The molecule has 1 heterocycles. The molecule has 112 valence electrons. The summed E-state index contributed by atoms with van der Waals surface area (Å²) in [4.78, 5) is 4.13. The second-order valence-corrected chi connectivity index (χ2v) is 5.26. The van der Waals surface area contributed by atoms with Crippen LogP contribution < -0.4 is 10.6 Å². The largest absolute Gasteiger partial charge is 0.416 e. The van der Waals surface area contributed by atoms with Crippen LogP contribution in [0.4, 0.5) is 24.8 Å². The van der Waals surface area contributed by atoms with Crippen molar-refractivity contribution in [3.05, 3.63) is 17.7 Å². The highest BCUT2D eigenvalue weighted by atomic mass is 19.4. The monoisotopic (exact) mass is 287 g/mol. The number of aromatic nitrogens is 1. The third kappa shape index (κ3) is 4.02. The summed E-state index contributed by atoms with van der Waals surface area (Å²) in [5, 5.41) is 5.72. The molecule has 1 aromatic heterocycles. The molecule has 0 amide bonds. The number of hydrogen-bond donors (Lipinski definition) is 2. The molecule has 0 unspecified atom stereocenters. The van der Waals surface area contributed by atoms with E-state index >= 15 is 0 Å². The van der Waals surface area contributed by atoms with Gasteiger partial charge < -0.3 is 10.6 Å². The summed E-state index contributed by atoms with van der Waals surface area (Å²) in [6, 6.07) is 2.09. The van der Waals surface area contributed by atoms with Gasteiger partial charge in [-0.1, -0.05) is 19.3 Å². The Labute approximate surface area is 117 Å². The first-order chi connectivity index (χ1) is 9.49. The Kier molecular flexibility index (Phi) is 4.73. The first-order valence-corrected chi connectivity index (χ1v) is 7.00. The first kappa shape index (κ1) is 14.9. The minimum Gasteiger partial charge on any atom is -0.373 e. The van der Waals surface area contributed by atoms with Gasteiger partial charge >= 0.3 is 6.18 Å². The average Bonchev–Trinajstić information content (AvgIpc) is 2.45. The molecule has 0 saturated heterocycles. The van der Waals surface area contributed by atoms with Gasteiger partial charge in [-0.3, -0.25) is 0 Å². The van der Waals surface area contributed by atoms with E-state index < -0.39 is 11.7 Å². The van der Waals surface area contributed by atoms with Crippen LogP contribution in [0.3, 0.4) is 0 Å². The van der Waals surface area contributed by atoms with Crippen LogP contribution in [-0.2, 0) is 6.18 Å². The quantitative estimate of drug-likeness (QED) is 0.874. The Hall–Kier alpha value is -1.46. The molecular formula is C14H20F3N3. The van der Waals surface area contributed by atoms with E-state index in [2.05, 4.69) is 15.6 Å². The van der Waals surface area contributed by atoms with Gasteiger partial charge in [0.15, 0.2) is 0 Å². The van der Waals surface area contributed by atoms with Gasteiger partial charge in [-0.2, -0.15) is 13.2 Å². The lowest BCUT2D eigenvalue weighted by molar-refractivity contribution is -0.137. The van der Waals surface area contributed by atoms with E-state index in [-0.39, 0.29) is 11.6 Å². The van der Waals surface area contributed by atoms with Crippen molar-refractivity contribution >= 4 is 11.6 Å². The molecule has 1 saturated carbocycles. The zero-order valence-electron chi connectivity index (χ0n) is 11.6. The van der Waals surface area contributed by atoms with Gasteiger partial charge in [0.1, 0.15) is 11.6 Å². The van der Waals surface area contributed by atoms with Gasteiger partial charge in [0, 0.05) is 13.6 Å². The zero-order valence-corrected chi connectivity index (χ0v) is 11.6. The standard InChI is InChI=1S/C14H20F3N3/c1-18-12-7-11(14(15,16)17)8-13(20-12)19-9-10-5-3-2-4-6-10/h7-8,10H,2-6,9H2,1H3,(H2,18,19,20). The number of nitrogens with one attached hydrogen (secondary N) is 2. The van der Waals surface area contributed by atoms with Gasteiger partial charge in [0.2, 0.25) is 0 Å². The van der Waals surface area contributed by atoms with Crippen molar-refractivity contribution in [2.75, 3.05) is 24.2 Å². The summed E-state index contributed by atoms with van der Waals surface area (Å²) in [6.07, 6.45) is 1.63. The maximum absolute atomic E-state index is 12.8. The molecule has 20 heavy (non-hydrogen) atoms. The fourth-order valence-electron chi connectivity index (χ4n) is 2.55. The number of rotatable bonds is 4. The van der Waals surface area contributed by atoms with E-state index in [0.29, 0.717) is 12.5 Å². The zero-order chi connectivity index (χ0) is 14.6. The van der Waals surface area contributed by atoms with E-state index in [0.717, 1.165) is 25.0 Å². The van der Waals surface area contributed by atoms with Crippen molar-refractivity contribution < 1.29 is 13.2 Å². The summed E-state index contributed by atoms with van der Waals surface area (Å²) in [6.45, 7) is 0.692. The van der Waals surface area contributed by atoms with Crippen molar-refractivity contribution in [2.24, 2.45) is 5.92 Å². The molecule has 2 rings (SSSR count). The Morgan fingerprint density at radius 1 is 1.15 bits per heavy atom. The van der Waals surface area contributed by atoms with Crippen molar-refractivity contribution in [2.45, 2.75) is 38.3 Å². The number of anilines is 2. The molecule has 1 fully saturated rings. The van der Waals surface area contributed by atoms with Crippen molar-refractivity contribution in [3.8, 4) is 0 Å². The lowest BCUT2D eigenvalue weighted by Gasteiger charge is -2.22. The highest BCUT2D eigenvalue weighted by molar-refractivity contribution is 5.49. The van der Waals surface area contributed by atoms with Crippen molar-refractivity contribution in [1.29, 1.82) is 0 Å². The molecule has 0 atom stereocenters. The molecule has 0 spiro atoms. The van der Waals surface area contributed by atoms with E-state index in [1.165, 1.54) is 19.3 Å². The van der Waals surface area contributed by atoms with Gasteiger partial charge in [0.05, 0.1) is 5.56 Å². The molecule has 6 heteroatoms. The topological polar surface area (TPSA) is 37.0 Å². The number of pyridine rings is 1. The van der Waals surface area contributed by atoms with Crippen LogP contribution in [0.25, 0.3) is 0 Å². The number of halogens is 3. The first-order valence-electron chi connectivity index (χ1n) is 7.00. The third-order valence-corrected chi connectivity index (χ3v) is 3.71. The van der Waals surface area contributed by atoms with Gasteiger partial charge in [-0.05, 0) is 30.9 Å². The average molecular weight is 287 g/mol. The lowest BCUT2D eigenvalue weighted by Crippen LogP contribution is -2.18. The minimum atomic E-state index is -4.35. The van der Waals surface area contributed by atoms with Crippen LogP contribution in [0.1, 0.15) is 37.7 Å².